The van der Waals surface area contributed by atoms with E-state index in [1.807, 2.05) is 36.7 Å². The summed E-state index contributed by atoms with van der Waals surface area (Å²) in [7, 11) is 1.29. The molecule has 0 spiro atoms. The van der Waals surface area contributed by atoms with Crippen LogP contribution in [-0.2, 0) is 24.1 Å². The first-order chi connectivity index (χ1) is 10.2. The van der Waals surface area contributed by atoms with Gasteiger partial charge in [0.25, 0.3) is 0 Å². The molecule has 112 valence electrons. The van der Waals surface area contributed by atoms with Crippen LogP contribution in [0.15, 0.2) is 30.3 Å². The number of carbonyl (C=O) groups excluding carboxylic acids is 1. The Bertz CT molecular complexity index is 605. The Hall–Kier alpha value is -2.30. The second kappa shape index (κ2) is 6.92. The highest BCUT2D eigenvalue weighted by Crippen LogP contribution is 2.24. The first-order valence-corrected chi connectivity index (χ1v) is 7.01. The SMILES string of the molecule is CCc1nn(CCc2ccccc2)c(C)c1OC(=O)OC. The Kier molecular flexibility index (Phi) is 4.98. The summed E-state index contributed by atoms with van der Waals surface area (Å²) in [6.07, 6.45) is 0.866. The van der Waals surface area contributed by atoms with Gasteiger partial charge in [0.15, 0.2) is 5.75 Å². The molecule has 0 amide bonds. The van der Waals surface area contributed by atoms with Crippen molar-refractivity contribution in [2.24, 2.45) is 0 Å². The van der Waals surface area contributed by atoms with Crippen LogP contribution in [0.1, 0.15) is 23.9 Å². The van der Waals surface area contributed by atoms with E-state index in [1.54, 1.807) is 0 Å². The molecular weight excluding hydrogens is 268 g/mol. The lowest BCUT2D eigenvalue weighted by molar-refractivity contribution is 0.120. The van der Waals surface area contributed by atoms with Gasteiger partial charge >= 0.3 is 6.16 Å². The van der Waals surface area contributed by atoms with E-state index in [2.05, 4.69) is 22.0 Å². The summed E-state index contributed by atoms with van der Waals surface area (Å²) in [5.41, 5.74) is 2.86. The monoisotopic (exact) mass is 288 g/mol. The molecule has 5 heteroatoms. The first kappa shape index (κ1) is 15.1. The lowest BCUT2D eigenvalue weighted by Crippen LogP contribution is -2.09. The lowest BCUT2D eigenvalue weighted by Gasteiger charge is -2.05. The van der Waals surface area contributed by atoms with E-state index >= 15 is 0 Å². The molecule has 0 atom stereocenters. The number of methoxy groups -OCH3 is 1. The van der Waals surface area contributed by atoms with Gasteiger partial charge < -0.3 is 9.47 Å². The molecule has 0 unspecified atom stereocenters. The third kappa shape index (κ3) is 3.62. The second-order valence-corrected chi connectivity index (χ2v) is 4.73. The van der Waals surface area contributed by atoms with Crippen LogP contribution >= 0.6 is 0 Å². The van der Waals surface area contributed by atoms with Crippen LogP contribution in [0.5, 0.6) is 5.75 Å². The maximum absolute atomic E-state index is 11.3. The van der Waals surface area contributed by atoms with Gasteiger partial charge in [-0.05, 0) is 25.3 Å². The summed E-state index contributed by atoms with van der Waals surface area (Å²) in [4.78, 5) is 11.3. The Morgan fingerprint density at radius 2 is 2.00 bits per heavy atom. The summed E-state index contributed by atoms with van der Waals surface area (Å²) in [5, 5.41) is 4.51. The van der Waals surface area contributed by atoms with Crippen molar-refractivity contribution in [1.29, 1.82) is 0 Å². The van der Waals surface area contributed by atoms with Gasteiger partial charge in [-0.15, -0.1) is 0 Å². The second-order valence-electron chi connectivity index (χ2n) is 4.73. The van der Waals surface area contributed by atoms with Crippen LogP contribution < -0.4 is 4.74 Å². The minimum atomic E-state index is -0.713. The third-order valence-corrected chi connectivity index (χ3v) is 3.36. The molecule has 0 N–H and O–H groups in total. The summed E-state index contributed by atoms with van der Waals surface area (Å²) in [5.74, 6) is 0.511. The third-order valence-electron chi connectivity index (χ3n) is 3.36. The molecule has 0 aliphatic carbocycles. The van der Waals surface area contributed by atoms with Gasteiger partial charge in [0, 0.05) is 6.54 Å². The molecule has 0 fully saturated rings. The van der Waals surface area contributed by atoms with E-state index in [1.165, 1.54) is 12.7 Å². The predicted octanol–water partition coefficient (Wildman–Crippen LogP) is 3.14. The highest BCUT2D eigenvalue weighted by atomic mass is 16.7. The normalized spacial score (nSPS) is 10.4. The zero-order valence-electron chi connectivity index (χ0n) is 12.6. The van der Waals surface area contributed by atoms with Crippen molar-refractivity contribution in [2.45, 2.75) is 33.2 Å². The van der Waals surface area contributed by atoms with Crippen molar-refractivity contribution in [3.8, 4) is 5.75 Å². The molecule has 2 rings (SSSR count). The molecule has 0 saturated heterocycles. The van der Waals surface area contributed by atoms with Crippen molar-refractivity contribution >= 4 is 6.16 Å². The molecule has 0 aliphatic heterocycles. The van der Waals surface area contributed by atoms with Crippen LogP contribution in [0.25, 0.3) is 0 Å². The van der Waals surface area contributed by atoms with Crippen molar-refractivity contribution in [3.63, 3.8) is 0 Å². The van der Waals surface area contributed by atoms with Crippen LogP contribution in [0.4, 0.5) is 4.79 Å². The molecule has 0 radical (unpaired) electrons. The van der Waals surface area contributed by atoms with Gasteiger partial charge in [-0.3, -0.25) is 4.68 Å². The average molecular weight is 288 g/mol. The van der Waals surface area contributed by atoms with E-state index in [9.17, 15) is 4.79 Å². The molecular formula is C16H20N2O3. The molecule has 5 nitrogen and oxygen atoms in total. The molecule has 21 heavy (non-hydrogen) atoms. The number of ether oxygens (including phenoxy) is 2. The molecule has 2 aromatic rings. The number of benzene rings is 1. The molecule has 1 aromatic heterocycles. The highest BCUT2D eigenvalue weighted by molar-refractivity contribution is 5.64. The van der Waals surface area contributed by atoms with Crippen LogP contribution in [0.3, 0.4) is 0 Å². The molecule has 0 aliphatic rings. The van der Waals surface area contributed by atoms with Gasteiger partial charge in [-0.1, -0.05) is 37.3 Å². The van der Waals surface area contributed by atoms with E-state index in [0.717, 1.165) is 24.4 Å². The number of nitrogens with zero attached hydrogens (tertiary/aromatic N) is 2. The fraction of sp³-hybridized carbons (Fsp3) is 0.375. The Morgan fingerprint density at radius 3 is 2.62 bits per heavy atom. The van der Waals surface area contributed by atoms with Gasteiger partial charge in [-0.2, -0.15) is 5.10 Å². The molecule has 1 heterocycles. The summed E-state index contributed by atoms with van der Waals surface area (Å²) in [6.45, 7) is 4.62. The lowest BCUT2D eigenvalue weighted by atomic mass is 10.1. The number of hydrogen-bond donors (Lipinski definition) is 0. The topological polar surface area (TPSA) is 53.4 Å². The Labute approximate surface area is 124 Å². The van der Waals surface area contributed by atoms with E-state index in [-0.39, 0.29) is 0 Å². The molecule has 0 bridgehead atoms. The molecule has 0 saturated carbocycles. The number of rotatable bonds is 5. The van der Waals surface area contributed by atoms with E-state index in [4.69, 9.17) is 4.74 Å². The maximum atomic E-state index is 11.3. The van der Waals surface area contributed by atoms with Gasteiger partial charge in [0.1, 0.15) is 5.69 Å². The van der Waals surface area contributed by atoms with Crippen molar-refractivity contribution in [1.82, 2.24) is 9.78 Å². The average Bonchev–Trinajstić information content (AvgIpc) is 2.82. The van der Waals surface area contributed by atoms with Gasteiger partial charge in [0.2, 0.25) is 0 Å². The minimum absolute atomic E-state index is 0.511. The predicted molar refractivity (Wildman–Crippen MR) is 79.5 cm³/mol. The quantitative estimate of drug-likeness (QED) is 0.793. The van der Waals surface area contributed by atoms with Crippen molar-refractivity contribution in [3.05, 3.63) is 47.3 Å². The summed E-state index contributed by atoms with van der Waals surface area (Å²) < 4.78 is 11.6. The number of aryl methyl sites for hydroxylation is 3. The highest BCUT2D eigenvalue weighted by Gasteiger charge is 2.18. The fourth-order valence-electron chi connectivity index (χ4n) is 2.18. The fourth-order valence-corrected chi connectivity index (χ4v) is 2.18. The van der Waals surface area contributed by atoms with E-state index in [0.29, 0.717) is 12.2 Å². The van der Waals surface area contributed by atoms with E-state index < -0.39 is 6.16 Å². The largest absolute Gasteiger partial charge is 0.513 e. The van der Waals surface area contributed by atoms with Crippen molar-refractivity contribution in [2.75, 3.05) is 7.11 Å². The van der Waals surface area contributed by atoms with Crippen LogP contribution in [0, 0.1) is 6.92 Å². The van der Waals surface area contributed by atoms with Crippen LogP contribution in [0.2, 0.25) is 0 Å². The Morgan fingerprint density at radius 1 is 1.29 bits per heavy atom. The van der Waals surface area contributed by atoms with Crippen molar-refractivity contribution < 1.29 is 14.3 Å². The van der Waals surface area contributed by atoms with Gasteiger partial charge in [0.05, 0.1) is 12.8 Å². The summed E-state index contributed by atoms with van der Waals surface area (Å²) in [6, 6.07) is 10.2. The smallest absolute Gasteiger partial charge is 0.437 e. The maximum Gasteiger partial charge on any atom is 0.513 e. The number of carbonyl (C=O) groups is 1. The van der Waals surface area contributed by atoms with Crippen LogP contribution in [-0.4, -0.2) is 23.0 Å². The number of aromatic nitrogens is 2. The first-order valence-electron chi connectivity index (χ1n) is 7.01. The number of hydrogen-bond acceptors (Lipinski definition) is 4. The zero-order chi connectivity index (χ0) is 15.2. The standard InChI is InChI=1S/C16H20N2O3/c1-4-14-15(21-16(19)20-3)12(2)18(17-14)11-10-13-8-6-5-7-9-13/h5-9H,4,10-11H2,1-3H3. The van der Waals surface area contributed by atoms with Gasteiger partial charge in [-0.25, -0.2) is 4.79 Å². The minimum Gasteiger partial charge on any atom is -0.437 e. The summed E-state index contributed by atoms with van der Waals surface area (Å²) >= 11 is 0. The Balaban J connectivity index is 2.15. The zero-order valence-corrected chi connectivity index (χ0v) is 12.6. The molecule has 1 aromatic carbocycles.